The third kappa shape index (κ3) is 4.37. The van der Waals surface area contributed by atoms with Crippen LogP contribution in [0.25, 0.3) is 0 Å². The second kappa shape index (κ2) is 6.16. The van der Waals surface area contributed by atoms with Crippen molar-refractivity contribution in [2.24, 2.45) is 5.73 Å². The average molecular weight is 259 g/mol. The second-order valence-corrected chi connectivity index (χ2v) is 4.18. The maximum Gasteiger partial charge on any atom is 0.347 e. The highest BCUT2D eigenvalue weighted by Crippen LogP contribution is 2.21. The Balaban J connectivity index is 2.35. The van der Waals surface area contributed by atoms with Crippen LogP contribution in [0.4, 0.5) is 5.13 Å². The van der Waals surface area contributed by atoms with Crippen molar-refractivity contribution in [2.45, 2.75) is 6.92 Å². The van der Waals surface area contributed by atoms with E-state index in [0.29, 0.717) is 24.0 Å². The maximum absolute atomic E-state index is 10.8. The molecule has 1 heterocycles. The van der Waals surface area contributed by atoms with E-state index in [9.17, 15) is 9.59 Å². The Kier molecular flexibility index (Phi) is 4.85. The zero-order chi connectivity index (χ0) is 12.8. The molecule has 0 unspecified atom stereocenters. The number of aromatic carboxylic acids is 1. The molecule has 4 N–H and O–H groups in total. The molecule has 0 saturated carbocycles. The van der Waals surface area contributed by atoms with Gasteiger partial charge in [-0.05, 0) is 6.92 Å². The lowest BCUT2D eigenvalue weighted by Gasteiger charge is -2.02. The van der Waals surface area contributed by atoms with E-state index < -0.39 is 11.9 Å². The Hall–Kier alpha value is -1.67. The number of carbonyl (C=O) groups is 2. The fourth-order valence-corrected chi connectivity index (χ4v) is 1.90. The zero-order valence-electron chi connectivity index (χ0n) is 9.23. The van der Waals surface area contributed by atoms with Gasteiger partial charge in [0.25, 0.3) is 0 Å². The lowest BCUT2D eigenvalue weighted by molar-refractivity contribution is -0.122. The van der Waals surface area contributed by atoms with Crippen LogP contribution in [0.2, 0.25) is 0 Å². The fraction of sp³-hybridized carbons (Fsp3) is 0.444. The lowest BCUT2D eigenvalue weighted by atomic mass is 10.4. The number of nitrogens with zero attached hydrogens (tertiary/aromatic N) is 1. The molecule has 1 aromatic rings. The van der Waals surface area contributed by atoms with Crippen molar-refractivity contribution >= 4 is 28.3 Å². The molecule has 0 aliphatic rings. The number of primary amides is 1. The van der Waals surface area contributed by atoms with Gasteiger partial charge in [-0.3, -0.25) is 4.79 Å². The van der Waals surface area contributed by atoms with Crippen LogP contribution in [-0.2, 0) is 9.53 Å². The Morgan fingerprint density at radius 1 is 1.59 bits per heavy atom. The third-order valence-corrected chi connectivity index (χ3v) is 2.86. The van der Waals surface area contributed by atoms with Crippen molar-refractivity contribution in [2.75, 3.05) is 25.1 Å². The number of carbonyl (C=O) groups excluding carboxylic acids is 1. The highest BCUT2D eigenvalue weighted by Gasteiger charge is 2.13. The van der Waals surface area contributed by atoms with E-state index in [1.54, 1.807) is 6.92 Å². The van der Waals surface area contributed by atoms with E-state index in [2.05, 4.69) is 10.3 Å². The van der Waals surface area contributed by atoms with Gasteiger partial charge in [-0.1, -0.05) is 11.3 Å². The van der Waals surface area contributed by atoms with Gasteiger partial charge in [0.05, 0.1) is 12.3 Å². The van der Waals surface area contributed by atoms with Gasteiger partial charge in [0, 0.05) is 6.54 Å². The Morgan fingerprint density at radius 3 is 2.82 bits per heavy atom. The van der Waals surface area contributed by atoms with Gasteiger partial charge < -0.3 is 20.9 Å². The molecule has 94 valence electrons. The lowest BCUT2D eigenvalue weighted by Crippen LogP contribution is -2.20. The predicted molar refractivity (Wildman–Crippen MR) is 62.3 cm³/mol. The molecular weight excluding hydrogens is 246 g/mol. The maximum atomic E-state index is 10.8. The number of nitrogens with one attached hydrogen (secondary N) is 1. The largest absolute Gasteiger partial charge is 0.477 e. The summed E-state index contributed by atoms with van der Waals surface area (Å²) in [5, 5.41) is 12.2. The molecule has 7 nitrogen and oxygen atoms in total. The first-order chi connectivity index (χ1) is 8.00. The fourth-order valence-electron chi connectivity index (χ4n) is 1.07. The molecule has 0 aliphatic heterocycles. The molecule has 0 aromatic carbocycles. The molecule has 0 fully saturated rings. The van der Waals surface area contributed by atoms with Crippen molar-refractivity contribution in [3.8, 4) is 0 Å². The Morgan fingerprint density at radius 2 is 2.29 bits per heavy atom. The first-order valence-electron chi connectivity index (χ1n) is 4.81. The van der Waals surface area contributed by atoms with Crippen molar-refractivity contribution < 1.29 is 19.4 Å². The molecular formula is C9H13N3O4S. The van der Waals surface area contributed by atoms with Crippen LogP contribution in [-0.4, -0.2) is 41.7 Å². The second-order valence-electron chi connectivity index (χ2n) is 3.18. The van der Waals surface area contributed by atoms with Crippen LogP contribution in [0.5, 0.6) is 0 Å². The normalized spacial score (nSPS) is 10.2. The van der Waals surface area contributed by atoms with Crippen molar-refractivity contribution in [1.82, 2.24) is 4.98 Å². The number of amides is 1. The monoisotopic (exact) mass is 259 g/mol. The number of aryl methyl sites for hydroxylation is 1. The minimum absolute atomic E-state index is 0.126. The number of anilines is 1. The van der Waals surface area contributed by atoms with E-state index in [4.69, 9.17) is 15.6 Å². The van der Waals surface area contributed by atoms with Gasteiger partial charge in [-0.25, -0.2) is 9.78 Å². The van der Waals surface area contributed by atoms with Crippen molar-refractivity contribution in [3.05, 3.63) is 10.6 Å². The number of hydrogen-bond donors (Lipinski definition) is 3. The molecule has 0 spiro atoms. The van der Waals surface area contributed by atoms with Crippen molar-refractivity contribution in [1.29, 1.82) is 0 Å². The number of aromatic nitrogens is 1. The van der Waals surface area contributed by atoms with Gasteiger partial charge in [-0.15, -0.1) is 0 Å². The van der Waals surface area contributed by atoms with Gasteiger partial charge in [0.1, 0.15) is 11.5 Å². The van der Waals surface area contributed by atoms with Gasteiger partial charge in [-0.2, -0.15) is 0 Å². The smallest absolute Gasteiger partial charge is 0.347 e. The number of ether oxygens (including phenoxy) is 1. The van der Waals surface area contributed by atoms with E-state index in [0.717, 1.165) is 11.3 Å². The van der Waals surface area contributed by atoms with Crippen LogP contribution >= 0.6 is 11.3 Å². The summed E-state index contributed by atoms with van der Waals surface area (Å²) in [7, 11) is 0. The summed E-state index contributed by atoms with van der Waals surface area (Å²) in [5.74, 6) is -1.51. The standard InChI is InChI=1S/C9H13N3O4S/c1-5-7(8(14)15)17-9(12-5)11-2-3-16-4-6(10)13/h2-4H2,1H3,(H2,10,13)(H,11,12)(H,14,15). The molecule has 0 atom stereocenters. The van der Waals surface area contributed by atoms with E-state index in [1.165, 1.54) is 0 Å². The number of nitrogens with two attached hydrogens (primary N) is 1. The molecule has 1 aromatic heterocycles. The molecule has 0 saturated heterocycles. The predicted octanol–water partition coefficient (Wildman–Crippen LogP) is 0.0635. The highest BCUT2D eigenvalue weighted by molar-refractivity contribution is 7.17. The van der Waals surface area contributed by atoms with Gasteiger partial charge >= 0.3 is 5.97 Å². The van der Waals surface area contributed by atoms with Crippen LogP contribution < -0.4 is 11.1 Å². The number of thiazole rings is 1. The van der Waals surface area contributed by atoms with Crippen LogP contribution in [0.3, 0.4) is 0 Å². The molecule has 0 aliphatic carbocycles. The van der Waals surface area contributed by atoms with Crippen molar-refractivity contribution in [3.63, 3.8) is 0 Å². The average Bonchev–Trinajstić information content (AvgIpc) is 2.59. The van der Waals surface area contributed by atoms with E-state index in [-0.39, 0.29) is 11.5 Å². The van der Waals surface area contributed by atoms with Crippen LogP contribution in [0, 0.1) is 6.92 Å². The molecule has 0 radical (unpaired) electrons. The number of hydrogen-bond acceptors (Lipinski definition) is 6. The van der Waals surface area contributed by atoms with Crippen LogP contribution in [0.15, 0.2) is 0 Å². The Labute approximate surface area is 102 Å². The van der Waals surface area contributed by atoms with E-state index in [1.807, 2.05) is 0 Å². The number of carboxylic acids is 1. The van der Waals surface area contributed by atoms with E-state index >= 15 is 0 Å². The Bertz CT molecular complexity index is 418. The van der Waals surface area contributed by atoms with Gasteiger partial charge in [0.2, 0.25) is 5.91 Å². The molecule has 8 heteroatoms. The third-order valence-electron chi connectivity index (χ3n) is 1.76. The molecule has 0 bridgehead atoms. The highest BCUT2D eigenvalue weighted by atomic mass is 32.1. The summed E-state index contributed by atoms with van der Waals surface area (Å²) >= 11 is 1.06. The molecule has 1 amide bonds. The minimum Gasteiger partial charge on any atom is -0.477 e. The summed E-state index contributed by atoms with van der Waals surface area (Å²) in [6, 6.07) is 0. The first kappa shape index (κ1) is 13.4. The minimum atomic E-state index is -0.988. The summed E-state index contributed by atoms with van der Waals surface area (Å²) in [5.41, 5.74) is 5.36. The summed E-state index contributed by atoms with van der Waals surface area (Å²) in [6.07, 6.45) is 0. The topological polar surface area (TPSA) is 115 Å². The summed E-state index contributed by atoms with van der Waals surface area (Å²) in [6.45, 7) is 2.23. The SMILES string of the molecule is Cc1nc(NCCOCC(N)=O)sc1C(=O)O. The summed E-state index contributed by atoms with van der Waals surface area (Å²) < 4.78 is 4.92. The quantitative estimate of drug-likeness (QED) is 0.597. The number of carboxylic acid groups (broad SMARTS) is 1. The van der Waals surface area contributed by atoms with Crippen LogP contribution in [0.1, 0.15) is 15.4 Å². The molecule has 1 rings (SSSR count). The zero-order valence-corrected chi connectivity index (χ0v) is 10.0. The van der Waals surface area contributed by atoms with Gasteiger partial charge in [0.15, 0.2) is 5.13 Å². The molecule has 17 heavy (non-hydrogen) atoms. The first-order valence-corrected chi connectivity index (χ1v) is 5.63. The number of rotatable bonds is 7. The summed E-state index contributed by atoms with van der Waals surface area (Å²) in [4.78, 5) is 25.4.